The number of hydrogen-bond acceptors (Lipinski definition) is 5. The van der Waals surface area contributed by atoms with Crippen LogP contribution in [-0.2, 0) is 24.8 Å². The van der Waals surface area contributed by atoms with E-state index in [4.69, 9.17) is 0 Å². The maximum Gasteiger partial charge on any atom is 0.480 e. The first kappa shape index (κ1) is 29.0. The third kappa shape index (κ3) is 7.67. The summed E-state index contributed by atoms with van der Waals surface area (Å²) in [6.07, 6.45) is 0. The van der Waals surface area contributed by atoms with Crippen LogP contribution in [0.2, 0.25) is 0 Å². The van der Waals surface area contributed by atoms with Crippen molar-refractivity contribution in [1.82, 2.24) is 0 Å². The van der Waals surface area contributed by atoms with Gasteiger partial charge in [0.05, 0.1) is 20.1 Å². The first-order valence-electron chi connectivity index (χ1n) is 7.50. The van der Waals surface area contributed by atoms with Crippen molar-refractivity contribution in [2.45, 2.75) is 44.8 Å². The molecule has 0 aromatic heterocycles. The fourth-order valence-electron chi connectivity index (χ4n) is 1.62. The Bertz CT molecular complexity index is 726. The molecule has 0 heterocycles. The van der Waals surface area contributed by atoms with Gasteiger partial charge in [-0.15, -0.1) is 0 Å². The Kier molecular flexibility index (Phi) is 9.88. The summed E-state index contributed by atoms with van der Waals surface area (Å²) in [7, 11) is -11.3. The van der Waals surface area contributed by atoms with Crippen LogP contribution in [0, 0.1) is 0 Å². The van der Waals surface area contributed by atoms with Crippen LogP contribution in [-0.4, -0.2) is 64.3 Å². The molecular formula is C13H22F6N2O5S2. The van der Waals surface area contributed by atoms with E-state index in [9.17, 15) is 48.0 Å². The molecule has 0 fully saturated rings. The fraction of sp³-hybridized carbons (Fsp3) is 0.769. The first-order valence-corrected chi connectivity index (χ1v) is 10.4. The van der Waals surface area contributed by atoms with Crippen LogP contribution in [0.15, 0.2) is 12.2 Å². The van der Waals surface area contributed by atoms with E-state index in [1.807, 2.05) is 6.92 Å². The smallest absolute Gasteiger partial charge is 0.421 e. The third-order valence-electron chi connectivity index (χ3n) is 3.96. The molecule has 7 nitrogen and oxygen atoms in total. The lowest BCUT2D eigenvalue weighted by Gasteiger charge is -2.37. The summed E-state index contributed by atoms with van der Waals surface area (Å²) in [5, 5.41) is 0. The third-order valence-corrected chi connectivity index (χ3v) is 6.70. The summed E-state index contributed by atoms with van der Waals surface area (Å²) < 4.78 is 110. The topological polar surface area (TPSA) is 99.4 Å². The molecule has 0 radical (unpaired) electrons. The number of nitrogens with zero attached hydrogens (tertiary/aromatic N) is 2. The number of quaternary nitrogens is 1. The summed E-state index contributed by atoms with van der Waals surface area (Å²) in [5.41, 5.74) is -11.7. The van der Waals surface area contributed by atoms with Crippen LogP contribution in [0.5, 0.6) is 0 Å². The molecule has 0 spiro atoms. The van der Waals surface area contributed by atoms with Crippen molar-refractivity contribution < 1.29 is 52.5 Å². The Hall–Kier alpha value is -1.19. The molecule has 0 aromatic carbocycles. The van der Waals surface area contributed by atoms with Crippen molar-refractivity contribution in [2.24, 2.45) is 0 Å². The van der Waals surface area contributed by atoms with Gasteiger partial charge in [0.1, 0.15) is 6.04 Å². The minimum atomic E-state index is -6.72. The number of ketones is 1. The van der Waals surface area contributed by atoms with Crippen LogP contribution in [0.25, 0.3) is 4.13 Å². The van der Waals surface area contributed by atoms with Gasteiger partial charge in [0.25, 0.3) is 0 Å². The van der Waals surface area contributed by atoms with Gasteiger partial charge in [-0.1, -0.05) is 6.58 Å². The molecule has 1 unspecified atom stereocenters. The molecule has 168 valence electrons. The summed E-state index contributed by atoms with van der Waals surface area (Å²) in [5.74, 6) is 0.186. The standard InChI is InChI=1S/C11H22NO.C2F6NO4S2/c1-7-12(6,8-2)10(5)11(13)9(3)4;3-1(4,5)14(10,11)9-15(12,13)2(6,7)8/h10H,3,7-8H2,1-2,4-6H3;/q+1;-1. The molecule has 0 aliphatic rings. The maximum absolute atomic E-state index is 11.7. The highest BCUT2D eigenvalue weighted by Gasteiger charge is 2.46. The van der Waals surface area contributed by atoms with Crippen molar-refractivity contribution in [3.63, 3.8) is 0 Å². The zero-order chi connectivity index (χ0) is 23.4. The highest BCUT2D eigenvalue weighted by atomic mass is 32.3. The van der Waals surface area contributed by atoms with E-state index in [-0.39, 0.29) is 11.8 Å². The van der Waals surface area contributed by atoms with Gasteiger partial charge in [-0.2, -0.15) is 26.3 Å². The van der Waals surface area contributed by atoms with E-state index in [2.05, 4.69) is 27.5 Å². The molecule has 0 amide bonds. The second-order valence-electron chi connectivity index (χ2n) is 5.85. The largest absolute Gasteiger partial charge is 0.480 e. The van der Waals surface area contributed by atoms with E-state index in [1.165, 1.54) is 0 Å². The average Bonchev–Trinajstić information content (AvgIpc) is 2.50. The number of alkyl halides is 6. The Morgan fingerprint density at radius 1 is 0.964 bits per heavy atom. The molecular weight excluding hydrogens is 442 g/mol. The van der Waals surface area contributed by atoms with Gasteiger partial charge < -0.3 is 8.61 Å². The number of likely N-dealkylation sites (N-methyl/N-ethyl adjacent to an activating group) is 1. The second kappa shape index (κ2) is 9.54. The van der Waals surface area contributed by atoms with Crippen molar-refractivity contribution >= 4 is 25.8 Å². The van der Waals surface area contributed by atoms with Gasteiger partial charge in [-0.25, -0.2) is 16.8 Å². The fourth-order valence-corrected chi connectivity index (χ4v) is 3.33. The molecule has 0 aliphatic carbocycles. The van der Waals surface area contributed by atoms with Gasteiger partial charge in [0.15, 0.2) is 20.0 Å². The predicted octanol–water partition coefficient (Wildman–Crippen LogP) is 3.07. The van der Waals surface area contributed by atoms with Gasteiger partial charge in [0.2, 0.25) is 5.78 Å². The predicted molar refractivity (Wildman–Crippen MR) is 89.9 cm³/mol. The highest BCUT2D eigenvalue weighted by molar-refractivity contribution is 8.13. The lowest BCUT2D eigenvalue weighted by atomic mass is 10.1. The average molecular weight is 464 g/mol. The Morgan fingerprint density at radius 2 is 1.25 bits per heavy atom. The number of rotatable bonds is 7. The minimum absolute atomic E-state index is 0.0347. The molecule has 15 heteroatoms. The molecule has 1 atom stereocenters. The monoisotopic (exact) mass is 464 g/mol. The van der Waals surface area contributed by atoms with Crippen LogP contribution in [0.3, 0.4) is 0 Å². The van der Waals surface area contributed by atoms with E-state index in [0.717, 1.165) is 21.7 Å². The maximum atomic E-state index is 11.7. The molecule has 0 saturated carbocycles. The normalized spacial score (nSPS) is 14.7. The molecule has 0 N–H and O–H groups in total. The van der Waals surface area contributed by atoms with Gasteiger partial charge in [0, 0.05) is 0 Å². The SMILES string of the molecule is C=C(C)C(=O)C(C)[N+](C)(CC)CC.O=S(=O)([N-]S(=O)(=O)C(F)(F)F)C(F)(F)F. The summed E-state index contributed by atoms with van der Waals surface area (Å²) in [6, 6.07) is 0.0347. The summed E-state index contributed by atoms with van der Waals surface area (Å²) >= 11 is 0. The second-order valence-corrected chi connectivity index (χ2v) is 9.27. The number of hydrogen-bond donors (Lipinski definition) is 0. The molecule has 0 aromatic rings. The van der Waals surface area contributed by atoms with Crippen molar-refractivity contribution in [2.75, 3.05) is 20.1 Å². The van der Waals surface area contributed by atoms with Crippen LogP contribution in [0.4, 0.5) is 26.3 Å². The highest BCUT2D eigenvalue weighted by Crippen LogP contribution is 2.36. The quantitative estimate of drug-likeness (QED) is 0.328. The van der Waals surface area contributed by atoms with Gasteiger partial charge >= 0.3 is 11.0 Å². The Balaban J connectivity index is 0. The Morgan fingerprint density at radius 3 is 1.43 bits per heavy atom. The van der Waals surface area contributed by atoms with Crippen LogP contribution in [0.1, 0.15) is 27.7 Å². The van der Waals surface area contributed by atoms with E-state index < -0.39 is 31.1 Å². The number of halogens is 6. The van der Waals surface area contributed by atoms with Gasteiger partial charge in [-0.3, -0.25) is 4.79 Å². The van der Waals surface area contributed by atoms with E-state index in [0.29, 0.717) is 5.57 Å². The molecule has 0 saturated heterocycles. The molecule has 0 aliphatic heterocycles. The number of carbonyl (C=O) groups excluding carboxylic acids is 1. The number of Topliss-reactive ketones (excluding diaryl/α,β-unsaturated/α-hetero) is 1. The van der Waals surface area contributed by atoms with Crippen molar-refractivity contribution in [3.05, 3.63) is 16.3 Å². The Labute approximate surface area is 160 Å². The van der Waals surface area contributed by atoms with Gasteiger partial charge in [-0.05, 0) is 33.3 Å². The van der Waals surface area contributed by atoms with E-state index in [1.54, 1.807) is 6.92 Å². The first-order chi connectivity index (χ1) is 12.1. The zero-order valence-electron chi connectivity index (χ0n) is 15.7. The van der Waals surface area contributed by atoms with Crippen LogP contribution >= 0.6 is 0 Å². The molecule has 28 heavy (non-hydrogen) atoms. The number of sulfonamides is 2. The van der Waals surface area contributed by atoms with Crippen molar-refractivity contribution in [3.8, 4) is 0 Å². The summed E-state index contributed by atoms with van der Waals surface area (Å²) in [4.78, 5) is 11.7. The summed E-state index contributed by atoms with van der Waals surface area (Å²) in [6.45, 7) is 13.7. The lowest BCUT2D eigenvalue weighted by Crippen LogP contribution is -2.54. The lowest BCUT2D eigenvalue weighted by molar-refractivity contribution is -0.919. The van der Waals surface area contributed by atoms with Crippen LogP contribution < -0.4 is 0 Å². The molecule has 0 rings (SSSR count). The zero-order valence-corrected chi connectivity index (χ0v) is 17.4. The number of carbonyl (C=O) groups is 1. The minimum Gasteiger partial charge on any atom is -0.421 e. The van der Waals surface area contributed by atoms with Crippen molar-refractivity contribution in [1.29, 1.82) is 0 Å². The van der Waals surface area contributed by atoms with E-state index >= 15 is 0 Å². The molecule has 0 bridgehead atoms.